The van der Waals surface area contributed by atoms with Gasteiger partial charge in [0, 0.05) is 108 Å². The molecule has 2 aromatic carbocycles. The number of piperidine rings is 1. The van der Waals surface area contributed by atoms with Crippen molar-refractivity contribution in [2.45, 2.75) is 97.2 Å². The Morgan fingerprint density at radius 3 is 1.71 bits per heavy atom. The first-order valence-corrected chi connectivity index (χ1v) is 22.2. The molecule has 19 heteroatoms. The van der Waals surface area contributed by atoms with E-state index < -0.39 is 5.60 Å². The van der Waals surface area contributed by atoms with E-state index in [1.54, 1.807) is 14.3 Å². The molecule has 1 aliphatic carbocycles. The summed E-state index contributed by atoms with van der Waals surface area (Å²) >= 11 is 0. The maximum Gasteiger partial charge on any atom is 0.410 e. The molecule has 65 heavy (non-hydrogen) atoms. The van der Waals surface area contributed by atoms with Crippen LogP contribution in [0.3, 0.4) is 0 Å². The Morgan fingerprint density at radius 2 is 1.22 bits per heavy atom. The third kappa shape index (κ3) is 9.49. The molecule has 0 spiro atoms. The number of likely N-dealkylation sites (tertiary alicyclic amines) is 1. The fourth-order valence-electron chi connectivity index (χ4n) is 8.64. The maximum absolute atomic E-state index is 12.5. The molecule has 7 heterocycles. The van der Waals surface area contributed by atoms with E-state index in [2.05, 4.69) is 86.7 Å². The summed E-state index contributed by atoms with van der Waals surface area (Å²) in [4.78, 5) is 39.8. The second kappa shape index (κ2) is 18.1. The highest BCUT2D eigenvalue weighted by Crippen LogP contribution is 2.34. The number of hydrogen-bond acceptors (Lipinski definition) is 14. The predicted molar refractivity (Wildman–Crippen MR) is 249 cm³/mol. The first kappa shape index (κ1) is 43.0. The lowest BCUT2D eigenvalue weighted by atomic mass is 9.96. The molecule has 1 amide bonds. The summed E-state index contributed by atoms with van der Waals surface area (Å²) in [6.45, 7) is 10.9. The van der Waals surface area contributed by atoms with Gasteiger partial charge in [0.15, 0.2) is 11.6 Å². The molecule has 1 saturated heterocycles. The van der Waals surface area contributed by atoms with Crippen LogP contribution in [-0.4, -0.2) is 112 Å². The van der Waals surface area contributed by atoms with Gasteiger partial charge in [-0.15, -0.1) is 10.2 Å². The zero-order chi connectivity index (χ0) is 45.2. The van der Waals surface area contributed by atoms with Crippen LogP contribution in [0.1, 0.15) is 76.8 Å². The molecule has 8 aromatic rings. The minimum atomic E-state index is -0.516. The van der Waals surface area contributed by atoms with Gasteiger partial charge in [0.25, 0.3) is 0 Å². The SMILES string of the molecule is Cc1cnc(NC2CCCCC2)nc1-c1c[nH]c2cc(-c3nnnn3C)ccc12.Cc1cnc(N[C@H]2CCCN(C(=O)OC(C)(C)C)C2)nc1-c1c[nH]c2cc(-c3nnnn3C)ccc12. The van der Waals surface area contributed by atoms with E-state index in [9.17, 15) is 4.79 Å². The summed E-state index contributed by atoms with van der Waals surface area (Å²) in [5, 5.41) is 32.6. The highest BCUT2D eigenvalue weighted by molar-refractivity contribution is 5.98. The number of anilines is 2. The largest absolute Gasteiger partial charge is 0.444 e. The van der Waals surface area contributed by atoms with Crippen molar-refractivity contribution in [3.8, 4) is 45.3 Å². The third-order valence-corrected chi connectivity index (χ3v) is 11.9. The Labute approximate surface area is 376 Å². The van der Waals surface area contributed by atoms with Crippen LogP contribution >= 0.6 is 0 Å². The number of hydrogen-bond donors (Lipinski definition) is 4. The van der Waals surface area contributed by atoms with Crippen LogP contribution in [0.25, 0.3) is 67.1 Å². The van der Waals surface area contributed by atoms with Crippen LogP contribution in [0.5, 0.6) is 0 Å². The van der Waals surface area contributed by atoms with Crippen LogP contribution in [-0.2, 0) is 18.8 Å². The molecule has 1 atom stereocenters. The number of fused-ring (bicyclic) bond motifs is 2. The monoisotopic (exact) mass is 877 g/mol. The summed E-state index contributed by atoms with van der Waals surface area (Å²) < 4.78 is 8.87. The molecule has 4 N–H and O–H groups in total. The number of rotatable bonds is 8. The second-order valence-corrected chi connectivity index (χ2v) is 18.0. The molecule has 1 saturated carbocycles. The van der Waals surface area contributed by atoms with Crippen LogP contribution in [0.4, 0.5) is 16.7 Å². The fraction of sp³-hybridized carbons (Fsp3) is 0.413. The minimum absolute atomic E-state index is 0.0485. The average molecular weight is 878 g/mol. The van der Waals surface area contributed by atoms with Crippen LogP contribution < -0.4 is 10.6 Å². The third-order valence-electron chi connectivity index (χ3n) is 11.9. The Balaban J connectivity index is 0.000000168. The zero-order valence-electron chi connectivity index (χ0n) is 37.9. The van der Waals surface area contributed by atoms with E-state index in [1.165, 1.54) is 32.1 Å². The number of tetrazole rings is 2. The number of nitrogens with zero attached hydrogens (tertiary/aromatic N) is 13. The van der Waals surface area contributed by atoms with E-state index in [0.717, 1.165) is 85.2 Å². The van der Waals surface area contributed by atoms with Gasteiger partial charge in [-0.05, 0) is 104 Å². The number of amides is 1. The molecule has 10 rings (SSSR count). The summed E-state index contributed by atoms with van der Waals surface area (Å²) in [7, 11) is 3.66. The van der Waals surface area contributed by atoms with Crippen LogP contribution in [0, 0.1) is 13.8 Å². The van der Waals surface area contributed by atoms with E-state index >= 15 is 0 Å². The van der Waals surface area contributed by atoms with E-state index in [1.807, 2.05) is 84.8 Å². The van der Waals surface area contributed by atoms with Crippen molar-refractivity contribution in [1.29, 1.82) is 0 Å². The number of carbonyl (C=O) groups is 1. The van der Waals surface area contributed by atoms with Crippen LogP contribution in [0.2, 0.25) is 0 Å². The number of aromatic nitrogens is 14. The molecule has 2 fully saturated rings. The smallest absolute Gasteiger partial charge is 0.410 e. The van der Waals surface area contributed by atoms with Crippen molar-refractivity contribution in [2.24, 2.45) is 14.1 Å². The Hall–Kier alpha value is -7.31. The van der Waals surface area contributed by atoms with E-state index in [4.69, 9.17) is 14.7 Å². The number of carbonyl (C=O) groups excluding carboxylic acids is 1. The number of nitrogens with one attached hydrogen (secondary N) is 4. The standard InChI is InChI=1S/C25H31N9O2.C21H24N8/c1-15-12-27-23(28-17-7-6-10-34(14-17)24(35)36-25(2,3)4)29-21(15)19-13-26-20-11-16(8-9-18(19)20)22-30-31-32-33(22)5;1-13-11-23-21(24-15-6-4-3-5-7-15)25-19(13)17-12-22-18-10-14(8-9-16(17)18)20-26-27-28-29(20)2/h8-9,11-13,17,26H,6-7,10,14H2,1-5H3,(H,27,28,29);8-12,15,22H,3-7H2,1-2H3,(H,23,24,25)/t17-;/m0./s1. The molecular weight excluding hydrogens is 823 g/mol. The molecular formula is C46H55N17O2. The topological polar surface area (TPSA) is 224 Å². The molecule has 0 unspecified atom stereocenters. The molecule has 2 aliphatic rings. The quantitative estimate of drug-likeness (QED) is 0.114. The van der Waals surface area contributed by atoms with Gasteiger partial charge in [-0.1, -0.05) is 43.5 Å². The molecule has 6 aromatic heterocycles. The number of aryl methyl sites for hydroxylation is 4. The van der Waals surface area contributed by atoms with Gasteiger partial charge in [0.1, 0.15) is 5.60 Å². The lowest BCUT2D eigenvalue weighted by Gasteiger charge is -2.34. The summed E-state index contributed by atoms with van der Waals surface area (Å²) in [6.07, 6.45) is 15.5. The highest BCUT2D eigenvalue weighted by Gasteiger charge is 2.28. The van der Waals surface area contributed by atoms with Gasteiger partial charge in [-0.3, -0.25) is 0 Å². The normalized spacial score (nSPS) is 15.8. The lowest BCUT2D eigenvalue weighted by molar-refractivity contribution is 0.0206. The molecule has 19 nitrogen and oxygen atoms in total. The summed E-state index contributed by atoms with van der Waals surface area (Å²) in [5.74, 6) is 2.70. The van der Waals surface area contributed by atoms with Gasteiger partial charge in [-0.25, -0.2) is 34.1 Å². The highest BCUT2D eigenvalue weighted by atomic mass is 16.6. The van der Waals surface area contributed by atoms with Crippen molar-refractivity contribution < 1.29 is 9.53 Å². The summed E-state index contributed by atoms with van der Waals surface area (Å²) in [6, 6.07) is 12.8. The predicted octanol–water partition coefficient (Wildman–Crippen LogP) is 7.80. The lowest BCUT2D eigenvalue weighted by Crippen LogP contribution is -2.47. The number of ether oxygens (including phenoxy) is 1. The van der Waals surface area contributed by atoms with Crippen molar-refractivity contribution in [1.82, 2.24) is 75.2 Å². The van der Waals surface area contributed by atoms with Crippen molar-refractivity contribution in [3.63, 3.8) is 0 Å². The fourth-order valence-corrected chi connectivity index (χ4v) is 8.64. The van der Waals surface area contributed by atoms with Crippen LogP contribution in [0.15, 0.2) is 61.2 Å². The minimum Gasteiger partial charge on any atom is -0.444 e. The first-order valence-electron chi connectivity index (χ1n) is 22.2. The van der Waals surface area contributed by atoms with Gasteiger partial charge in [-0.2, -0.15) is 0 Å². The number of H-pyrrole nitrogens is 2. The number of benzene rings is 2. The summed E-state index contributed by atoms with van der Waals surface area (Å²) in [5.41, 5.74) is 9.29. The average Bonchev–Trinajstić information content (AvgIpc) is 4.12. The van der Waals surface area contributed by atoms with E-state index in [0.29, 0.717) is 36.9 Å². The zero-order valence-corrected chi connectivity index (χ0v) is 37.9. The Kier molecular flexibility index (Phi) is 11.9. The van der Waals surface area contributed by atoms with Gasteiger partial charge >= 0.3 is 6.09 Å². The Morgan fingerprint density at radius 1 is 0.708 bits per heavy atom. The van der Waals surface area contributed by atoms with Crippen molar-refractivity contribution in [3.05, 3.63) is 72.3 Å². The van der Waals surface area contributed by atoms with E-state index in [-0.39, 0.29) is 12.1 Å². The first-order chi connectivity index (χ1) is 31.4. The maximum atomic E-state index is 12.5. The molecule has 0 bridgehead atoms. The van der Waals surface area contributed by atoms with Gasteiger partial charge in [0.05, 0.1) is 11.4 Å². The van der Waals surface area contributed by atoms with Gasteiger partial charge in [0.2, 0.25) is 11.9 Å². The van der Waals surface area contributed by atoms with Gasteiger partial charge < -0.3 is 30.2 Å². The molecule has 1 aliphatic heterocycles. The second-order valence-electron chi connectivity index (χ2n) is 18.0. The Bertz CT molecular complexity index is 2950. The molecule has 336 valence electrons. The van der Waals surface area contributed by atoms with Crippen molar-refractivity contribution >= 4 is 39.8 Å². The molecule has 0 radical (unpaired) electrons. The van der Waals surface area contributed by atoms with Crippen molar-refractivity contribution in [2.75, 3.05) is 23.7 Å². The number of aromatic amines is 2.